The van der Waals surface area contributed by atoms with Crippen LogP contribution in [-0.4, -0.2) is 11.1 Å². The lowest BCUT2D eigenvalue weighted by Crippen LogP contribution is -2.33. The number of rotatable bonds is 3. The van der Waals surface area contributed by atoms with E-state index in [0.29, 0.717) is 0 Å². The monoisotopic (exact) mass is 300 g/mol. The Morgan fingerprint density at radius 1 is 1.25 bits per heavy atom. The van der Waals surface area contributed by atoms with Gasteiger partial charge in [-0.25, -0.2) is 0 Å². The Balaban J connectivity index is 2.39. The molecule has 0 bridgehead atoms. The van der Waals surface area contributed by atoms with E-state index in [1.165, 1.54) is 18.4 Å². The van der Waals surface area contributed by atoms with Gasteiger partial charge < -0.3 is 4.79 Å². The lowest BCUT2D eigenvalue weighted by atomic mass is 9.76. The topological polar surface area (TPSA) is 17.1 Å². The SMILES string of the molecule is O=CC(Br)C1(c2ccc(Cl)cc2)CCCC1. The van der Waals surface area contributed by atoms with Gasteiger partial charge in [0.25, 0.3) is 0 Å². The van der Waals surface area contributed by atoms with Crippen molar-refractivity contribution in [2.24, 2.45) is 0 Å². The van der Waals surface area contributed by atoms with Gasteiger partial charge in [-0.05, 0) is 30.5 Å². The van der Waals surface area contributed by atoms with Crippen molar-refractivity contribution >= 4 is 33.8 Å². The molecule has 1 saturated carbocycles. The number of carbonyl (C=O) groups excluding carboxylic acids is 1. The van der Waals surface area contributed by atoms with E-state index in [1.54, 1.807) is 0 Å². The van der Waals surface area contributed by atoms with Crippen molar-refractivity contribution in [3.05, 3.63) is 34.9 Å². The van der Waals surface area contributed by atoms with Crippen LogP contribution in [0.25, 0.3) is 0 Å². The Morgan fingerprint density at radius 2 is 1.81 bits per heavy atom. The minimum absolute atomic E-state index is 0.0215. The highest BCUT2D eigenvalue weighted by molar-refractivity contribution is 9.10. The van der Waals surface area contributed by atoms with E-state index in [4.69, 9.17) is 11.6 Å². The van der Waals surface area contributed by atoms with E-state index >= 15 is 0 Å². The van der Waals surface area contributed by atoms with Crippen LogP contribution in [0.15, 0.2) is 24.3 Å². The van der Waals surface area contributed by atoms with Crippen molar-refractivity contribution in [1.29, 1.82) is 0 Å². The number of hydrogen-bond donors (Lipinski definition) is 0. The Bertz CT molecular complexity index is 368. The van der Waals surface area contributed by atoms with Crippen LogP contribution in [0.5, 0.6) is 0 Å². The normalized spacial score (nSPS) is 20.6. The van der Waals surface area contributed by atoms with Crippen molar-refractivity contribution < 1.29 is 4.79 Å². The maximum Gasteiger partial charge on any atom is 0.134 e. The van der Waals surface area contributed by atoms with Crippen molar-refractivity contribution in [2.75, 3.05) is 0 Å². The lowest BCUT2D eigenvalue weighted by molar-refractivity contribution is -0.108. The standard InChI is InChI=1S/C13H14BrClO/c14-12(9-16)13(7-1-2-8-13)10-3-5-11(15)6-4-10/h3-6,9,12H,1-2,7-8H2. The first kappa shape index (κ1) is 12.1. The second kappa shape index (κ2) is 4.89. The summed E-state index contributed by atoms with van der Waals surface area (Å²) in [6.45, 7) is 0. The molecule has 1 aliphatic carbocycles. The fourth-order valence-corrected chi connectivity index (χ4v) is 3.49. The Kier molecular flexibility index (Phi) is 3.70. The number of benzene rings is 1. The molecular formula is C13H14BrClO. The summed E-state index contributed by atoms with van der Waals surface area (Å²) in [7, 11) is 0. The van der Waals surface area contributed by atoms with Crippen molar-refractivity contribution in [1.82, 2.24) is 0 Å². The number of hydrogen-bond acceptors (Lipinski definition) is 1. The average molecular weight is 302 g/mol. The first-order valence-corrected chi connectivity index (χ1v) is 6.84. The van der Waals surface area contributed by atoms with Crippen molar-refractivity contribution in [2.45, 2.75) is 35.9 Å². The first-order chi connectivity index (χ1) is 7.69. The maximum atomic E-state index is 11.1. The van der Waals surface area contributed by atoms with Gasteiger partial charge in [0, 0.05) is 10.4 Å². The van der Waals surface area contributed by atoms with Crippen LogP contribution in [0.4, 0.5) is 0 Å². The molecule has 2 rings (SSSR count). The molecule has 0 saturated heterocycles. The largest absolute Gasteiger partial charge is 0.302 e. The third kappa shape index (κ3) is 2.05. The quantitative estimate of drug-likeness (QED) is 0.606. The molecule has 1 aromatic carbocycles. The molecule has 1 unspecified atom stereocenters. The number of aldehydes is 1. The maximum absolute atomic E-state index is 11.1. The third-order valence-corrected chi connectivity index (χ3v) is 4.91. The fraction of sp³-hybridized carbons (Fsp3) is 0.462. The molecule has 0 aromatic heterocycles. The van der Waals surface area contributed by atoms with Crippen molar-refractivity contribution in [3.8, 4) is 0 Å². The molecule has 86 valence electrons. The Hall–Kier alpha value is -0.340. The molecule has 1 aliphatic rings. The minimum Gasteiger partial charge on any atom is -0.302 e. The first-order valence-electron chi connectivity index (χ1n) is 5.54. The van der Waals surface area contributed by atoms with E-state index in [1.807, 2.05) is 24.3 Å². The molecule has 0 radical (unpaired) electrons. The molecule has 1 fully saturated rings. The molecular weight excluding hydrogens is 287 g/mol. The fourth-order valence-electron chi connectivity index (χ4n) is 2.64. The highest BCUT2D eigenvalue weighted by atomic mass is 79.9. The highest BCUT2D eigenvalue weighted by Crippen LogP contribution is 2.46. The van der Waals surface area contributed by atoms with Crippen LogP contribution in [0, 0.1) is 0 Å². The third-order valence-electron chi connectivity index (χ3n) is 3.56. The molecule has 0 N–H and O–H groups in total. The molecule has 3 heteroatoms. The number of halogens is 2. The summed E-state index contributed by atoms with van der Waals surface area (Å²) >= 11 is 9.41. The van der Waals surface area contributed by atoms with Crippen LogP contribution in [0.2, 0.25) is 5.02 Å². The van der Waals surface area contributed by atoms with Crippen molar-refractivity contribution in [3.63, 3.8) is 0 Å². The van der Waals surface area contributed by atoms with Crippen LogP contribution >= 0.6 is 27.5 Å². The average Bonchev–Trinajstić information content (AvgIpc) is 2.79. The van der Waals surface area contributed by atoms with Gasteiger partial charge in [0.1, 0.15) is 6.29 Å². The van der Waals surface area contributed by atoms with Crippen LogP contribution < -0.4 is 0 Å². The second-order valence-corrected chi connectivity index (χ2v) is 5.83. The van der Waals surface area contributed by atoms with Gasteiger partial charge in [0.15, 0.2) is 0 Å². The molecule has 1 atom stereocenters. The predicted octanol–water partition coefficient (Wildman–Crippen LogP) is 4.11. The Labute approximate surface area is 109 Å². The van der Waals surface area contributed by atoms with Crippen LogP contribution in [0.3, 0.4) is 0 Å². The summed E-state index contributed by atoms with van der Waals surface area (Å²) in [5, 5.41) is 0.745. The van der Waals surface area contributed by atoms with Gasteiger partial charge in [0.2, 0.25) is 0 Å². The van der Waals surface area contributed by atoms with E-state index in [-0.39, 0.29) is 10.2 Å². The van der Waals surface area contributed by atoms with Gasteiger partial charge in [-0.1, -0.05) is 52.5 Å². The molecule has 0 heterocycles. The highest BCUT2D eigenvalue weighted by Gasteiger charge is 2.41. The summed E-state index contributed by atoms with van der Waals surface area (Å²) in [5.74, 6) is 0. The number of carbonyl (C=O) groups is 1. The van der Waals surface area contributed by atoms with E-state index < -0.39 is 0 Å². The van der Waals surface area contributed by atoms with Gasteiger partial charge >= 0.3 is 0 Å². The van der Waals surface area contributed by atoms with Gasteiger partial charge in [-0.3, -0.25) is 0 Å². The zero-order chi connectivity index (χ0) is 11.6. The second-order valence-electron chi connectivity index (χ2n) is 4.41. The van der Waals surface area contributed by atoms with Gasteiger partial charge in [0.05, 0.1) is 4.83 Å². The minimum atomic E-state index is -0.0938. The summed E-state index contributed by atoms with van der Waals surface area (Å²) < 4.78 is 0. The molecule has 0 amide bonds. The molecule has 16 heavy (non-hydrogen) atoms. The van der Waals surface area contributed by atoms with Crippen LogP contribution in [0.1, 0.15) is 31.2 Å². The zero-order valence-electron chi connectivity index (χ0n) is 8.96. The Morgan fingerprint density at radius 3 is 2.31 bits per heavy atom. The molecule has 0 spiro atoms. The summed E-state index contributed by atoms with van der Waals surface area (Å²) in [4.78, 5) is 11.0. The van der Waals surface area contributed by atoms with Gasteiger partial charge in [-0.2, -0.15) is 0 Å². The molecule has 1 aromatic rings. The summed E-state index contributed by atoms with van der Waals surface area (Å²) in [6.07, 6.45) is 5.55. The van der Waals surface area contributed by atoms with E-state index in [9.17, 15) is 4.79 Å². The predicted molar refractivity (Wildman–Crippen MR) is 70.4 cm³/mol. The smallest absolute Gasteiger partial charge is 0.134 e. The lowest BCUT2D eigenvalue weighted by Gasteiger charge is -2.31. The summed E-state index contributed by atoms with van der Waals surface area (Å²) in [6, 6.07) is 7.90. The molecule has 1 nitrogen and oxygen atoms in total. The number of alkyl halides is 1. The molecule has 0 aliphatic heterocycles. The van der Waals surface area contributed by atoms with E-state index in [2.05, 4.69) is 15.9 Å². The van der Waals surface area contributed by atoms with Crippen LogP contribution in [-0.2, 0) is 10.2 Å². The van der Waals surface area contributed by atoms with Gasteiger partial charge in [-0.15, -0.1) is 0 Å². The van der Waals surface area contributed by atoms with E-state index in [0.717, 1.165) is 24.2 Å². The zero-order valence-corrected chi connectivity index (χ0v) is 11.3. The summed E-state index contributed by atoms with van der Waals surface area (Å²) in [5.41, 5.74) is 1.20.